The average Bonchev–Trinajstić information content (AvgIpc) is 3.49. The first-order chi connectivity index (χ1) is 13.8. The number of thiophene rings is 1. The second-order valence-electron chi connectivity index (χ2n) is 6.10. The first-order valence-corrected chi connectivity index (χ1v) is 10.4. The summed E-state index contributed by atoms with van der Waals surface area (Å²) in [5.74, 6) is 1.46. The first kappa shape index (κ1) is 17.2. The van der Waals surface area contributed by atoms with Crippen LogP contribution in [0.1, 0.15) is 24.0 Å². The van der Waals surface area contributed by atoms with E-state index in [1.165, 1.54) is 23.1 Å². The molecular weight excluding hydrogens is 396 g/mol. The third-order valence-corrected chi connectivity index (χ3v) is 6.21. The van der Waals surface area contributed by atoms with Gasteiger partial charge in [-0.2, -0.15) is 5.10 Å². The SMILES string of the molecule is O=C(CSc1ncnc2sccc12)N1N=C(c2ccco2)CC1c1ccco1. The van der Waals surface area contributed by atoms with Crippen LogP contribution in [0.15, 0.2) is 73.5 Å². The Kier molecular flexibility index (Phi) is 4.46. The summed E-state index contributed by atoms with van der Waals surface area (Å²) in [5, 5.41) is 9.76. The molecule has 1 aliphatic heterocycles. The maximum Gasteiger partial charge on any atom is 0.253 e. The lowest BCUT2D eigenvalue weighted by Crippen LogP contribution is -2.28. The first-order valence-electron chi connectivity index (χ1n) is 8.57. The predicted octanol–water partition coefficient (Wildman–Crippen LogP) is 4.35. The normalized spacial score (nSPS) is 16.6. The summed E-state index contributed by atoms with van der Waals surface area (Å²) in [6.07, 6.45) is 5.27. The van der Waals surface area contributed by atoms with Crippen molar-refractivity contribution in [3.05, 3.63) is 66.1 Å². The Morgan fingerprint density at radius 2 is 2.11 bits per heavy atom. The van der Waals surface area contributed by atoms with E-state index in [4.69, 9.17) is 8.83 Å². The van der Waals surface area contributed by atoms with E-state index >= 15 is 0 Å². The molecule has 0 aromatic carbocycles. The monoisotopic (exact) mass is 410 g/mol. The van der Waals surface area contributed by atoms with Crippen molar-refractivity contribution in [1.29, 1.82) is 0 Å². The Labute approximate surface area is 168 Å². The summed E-state index contributed by atoms with van der Waals surface area (Å²) in [5.41, 5.74) is 0.729. The molecule has 0 fully saturated rings. The Bertz CT molecular complexity index is 1140. The number of hydrogen-bond acceptors (Lipinski definition) is 8. The molecule has 0 bridgehead atoms. The van der Waals surface area contributed by atoms with Gasteiger partial charge in [0.05, 0.1) is 18.3 Å². The van der Waals surface area contributed by atoms with Crippen LogP contribution in [0, 0.1) is 0 Å². The van der Waals surface area contributed by atoms with E-state index in [2.05, 4.69) is 15.1 Å². The van der Waals surface area contributed by atoms with Gasteiger partial charge >= 0.3 is 0 Å². The summed E-state index contributed by atoms with van der Waals surface area (Å²) in [6.45, 7) is 0. The highest BCUT2D eigenvalue weighted by Crippen LogP contribution is 2.34. The van der Waals surface area contributed by atoms with E-state index in [9.17, 15) is 4.79 Å². The van der Waals surface area contributed by atoms with E-state index < -0.39 is 0 Å². The van der Waals surface area contributed by atoms with E-state index in [0.717, 1.165) is 21.0 Å². The van der Waals surface area contributed by atoms with Crippen LogP contribution in [0.5, 0.6) is 0 Å². The van der Waals surface area contributed by atoms with E-state index in [0.29, 0.717) is 17.9 Å². The van der Waals surface area contributed by atoms with Crippen LogP contribution in [0.4, 0.5) is 0 Å². The number of rotatable bonds is 5. The highest BCUT2D eigenvalue weighted by Gasteiger charge is 2.35. The summed E-state index contributed by atoms with van der Waals surface area (Å²) < 4.78 is 11.0. The average molecular weight is 410 g/mol. The van der Waals surface area contributed by atoms with Gasteiger partial charge < -0.3 is 8.83 Å². The fourth-order valence-corrected chi connectivity index (χ4v) is 4.74. The Morgan fingerprint density at radius 3 is 2.93 bits per heavy atom. The van der Waals surface area contributed by atoms with E-state index in [1.54, 1.807) is 29.9 Å². The van der Waals surface area contributed by atoms with Crippen molar-refractivity contribution in [3.8, 4) is 0 Å². The molecule has 0 saturated heterocycles. The maximum atomic E-state index is 13.0. The second-order valence-corrected chi connectivity index (χ2v) is 7.96. The van der Waals surface area contributed by atoms with E-state index in [1.807, 2.05) is 29.6 Å². The lowest BCUT2D eigenvalue weighted by molar-refractivity contribution is -0.130. The summed E-state index contributed by atoms with van der Waals surface area (Å²) >= 11 is 2.94. The number of furan rings is 2. The Hall–Kier alpha value is -2.91. The van der Waals surface area contributed by atoms with Gasteiger partial charge in [-0.15, -0.1) is 11.3 Å². The number of aromatic nitrogens is 2. The fourth-order valence-electron chi connectivity index (χ4n) is 3.11. The molecule has 28 heavy (non-hydrogen) atoms. The zero-order valence-corrected chi connectivity index (χ0v) is 16.2. The predicted molar refractivity (Wildman–Crippen MR) is 106 cm³/mol. The zero-order chi connectivity index (χ0) is 18.9. The highest BCUT2D eigenvalue weighted by atomic mass is 32.2. The molecule has 0 aliphatic carbocycles. The third kappa shape index (κ3) is 3.12. The number of thioether (sulfide) groups is 1. The lowest BCUT2D eigenvalue weighted by atomic mass is 10.1. The summed E-state index contributed by atoms with van der Waals surface area (Å²) in [4.78, 5) is 22.5. The number of hydrogen-bond donors (Lipinski definition) is 0. The smallest absolute Gasteiger partial charge is 0.253 e. The minimum absolute atomic E-state index is 0.116. The number of carbonyl (C=O) groups excluding carboxylic acids is 1. The summed E-state index contributed by atoms with van der Waals surface area (Å²) in [6, 6.07) is 9.01. The maximum absolute atomic E-state index is 13.0. The number of carbonyl (C=O) groups is 1. The van der Waals surface area contributed by atoms with Gasteiger partial charge in [0.15, 0.2) is 0 Å². The second kappa shape index (κ2) is 7.25. The van der Waals surface area contributed by atoms with Crippen molar-refractivity contribution in [2.75, 3.05) is 5.75 Å². The highest BCUT2D eigenvalue weighted by molar-refractivity contribution is 8.00. The standard InChI is InChI=1S/C19H14N4O3S2/c24-17(10-28-19-12-5-8-27-18(12)20-11-21-19)23-14(16-4-2-7-26-16)9-13(22-23)15-3-1-6-25-15/h1-8,11,14H,9-10H2. The molecule has 4 aromatic rings. The van der Waals surface area contributed by atoms with Gasteiger partial charge in [-0.3, -0.25) is 4.79 Å². The molecule has 140 valence electrons. The molecule has 1 unspecified atom stereocenters. The number of hydrazone groups is 1. The van der Waals surface area contributed by atoms with Crippen LogP contribution < -0.4 is 0 Å². The quantitative estimate of drug-likeness (QED) is 0.359. The minimum atomic E-state index is -0.283. The van der Waals surface area contributed by atoms with Crippen LogP contribution in [0.2, 0.25) is 0 Å². The van der Waals surface area contributed by atoms with Gasteiger partial charge in [0, 0.05) is 11.8 Å². The van der Waals surface area contributed by atoms with Crippen molar-refractivity contribution in [3.63, 3.8) is 0 Å². The summed E-state index contributed by atoms with van der Waals surface area (Å²) in [7, 11) is 0. The molecule has 7 nitrogen and oxygen atoms in total. The minimum Gasteiger partial charge on any atom is -0.467 e. The van der Waals surface area contributed by atoms with Gasteiger partial charge in [0.1, 0.15) is 39.5 Å². The molecule has 1 amide bonds. The van der Waals surface area contributed by atoms with Crippen LogP contribution in [-0.4, -0.2) is 32.3 Å². The molecule has 0 saturated carbocycles. The van der Waals surface area contributed by atoms with Crippen molar-refractivity contribution < 1.29 is 13.6 Å². The molecular formula is C19H14N4O3S2. The molecule has 0 N–H and O–H groups in total. The molecule has 0 radical (unpaired) electrons. The fraction of sp³-hybridized carbons (Fsp3) is 0.158. The van der Waals surface area contributed by atoms with Crippen molar-refractivity contribution in [2.24, 2.45) is 5.10 Å². The van der Waals surface area contributed by atoms with Crippen molar-refractivity contribution in [2.45, 2.75) is 17.5 Å². The molecule has 4 aromatic heterocycles. The Balaban J connectivity index is 1.38. The van der Waals surface area contributed by atoms with Crippen molar-refractivity contribution in [1.82, 2.24) is 15.0 Å². The van der Waals surface area contributed by atoms with Crippen LogP contribution >= 0.6 is 23.1 Å². The zero-order valence-electron chi connectivity index (χ0n) is 14.5. The van der Waals surface area contributed by atoms with Gasteiger partial charge in [-0.1, -0.05) is 11.8 Å². The molecule has 9 heteroatoms. The van der Waals surface area contributed by atoms with Gasteiger partial charge in [0.2, 0.25) is 0 Å². The van der Waals surface area contributed by atoms with Crippen LogP contribution in [-0.2, 0) is 4.79 Å². The number of nitrogens with zero attached hydrogens (tertiary/aromatic N) is 4. The van der Waals surface area contributed by atoms with Gasteiger partial charge in [0.25, 0.3) is 5.91 Å². The molecule has 1 aliphatic rings. The van der Waals surface area contributed by atoms with Gasteiger partial charge in [-0.05, 0) is 35.7 Å². The van der Waals surface area contributed by atoms with Gasteiger partial charge in [-0.25, -0.2) is 15.0 Å². The topological polar surface area (TPSA) is 84.7 Å². The third-order valence-electron chi connectivity index (χ3n) is 4.40. The number of amides is 1. The molecule has 5 rings (SSSR count). The van der Waals surface area contributed by atoms with Crippen LogP contribution in [0.25, 0.3) is 10.2 Å². The van der Waals surface area contributed by atoms with Crippen LogP contribution in [0.3, 0.4) is 0 Å². The molecule has 0 spiro atoms. The Morgan fingerprint density at radius 1 is 1.21 bits per heavy atom. The lowest BCUT2D eigenvalue weighted by Gasteiger charge is -2.19. The van der Waals surface area contributed by atoms with Crippen molar-refractivity contribution >= 4 is 44.9 Å². The largest absolute Gasteiger partial charge is 0.467 e. The van der Waals surface area contributed by atoms with E-state index in [-0.39, 0.29) is 17.7 Å². The molecule has 1 atom stereocenters. The number of fused-ring (bicyclic) bond motifs is 1. The molecule has 5 heterocycles.